The van der Waals surface area contributed by atoms with Gasteiger partial charge in [-0.15, -0.1) is 0 Å². The van der Waals surface area contributed by atoms with E-state index in [9.17, 15) is 4.79 Å². The zero-order chi connectivity index (χ0) is 14.7. The highest BCUT2D eigenvalue weighted by atomic mass is 35.5. The van der Waals surface area contributed by atoms with E-state index >= 15 is 0 Å². The predicted octanol–water partition coefficient (Wildman–Crippen LogP) is 2.15. The van der Waals surface area contributed by atoms with Crippen molar-refractivity contribution >= 4 is 23.2 Å². The maximum Gasteiger partial charge on any atom is 0.279 e. The first kappa shape index (κ1) is 15.3. The number of rotatable bonds is 3. The number of quaternary nitrogens is 1. The van der Waals surface area contributed by atoms with Crippen LogP contribution in [-0.2, 0) is 4.79 Å². The van der Waals surface area contributed by atoms with Gasteiger partial charge >= 0.3 is 0 Å². The standard InChI is InChI=1S/C16H23ClN2O/c1-11-6-12(2)9-19(8-11)10-16(20)18-14-5-4-13(3)15(17)7-14/h4-5,7,11-12H,6,8-10H2,1-3H3,(H,18,20)/p+1/t11-,12-/m1/s1. The highest BCUT2D eigenvalue weighted by Gasteiger charge is 2.26. The Morgan fingerprint density at radius 2 is 2.00 bits per heavy atom. The molecular weight excluding hydrogens is 272 g/mol. The van der Waals surface area contributed by atoms with Crippen molar-refractivity contribution in [1.29, 1.82) is 0 Å². The lowest BCUT2D eigenvalue weighted by molar-refractivity contribution is -0.904. The zero-order valence-electron chi connectivity index (χ0n) is 12.5. The average molecular weight is 296 g/mol. The molecule has 2 rings (SSSR count). The van der Waals surface area contributed by atoms with Crippen molar-refractivity contribution < 1.29 is 9.69 Å². The minimum atomic E-state index is 0.0706. The van der Waals surface area contributed by atoms with E-state index in [0.29, 0.717) is 23.4 Å². The van der Waals surface area contributed by atoms with Crippen LogP contribution in [0, 0.1) is 18.8 Å². The molecule has 0 saturated carbocycles. The molecule has 2 atom stereocenters. The van der Waals surface area contributed by atoms with E-state index in [0.717, 1.165) is 24.3 Å². The quantitative estimate of drug-likeness (QED) is 0.880. The molecule has 0 aliphatic carbocycles. The molecule has 1 amide bonds. The second-order valence-corrected chi connectivity index (χ2v) is 6.70. The van der Waals surface area contributed by atoms with Crippen LogP contribution in [-0.4, -0.2) is 25.5 Å². The van der Waals surface area contributed by atoms with Crippen LogP contribution < -0.4 is 10.2 Å². The summed E-state index contributed by atoms with van der Waals surface area (Å²) in [6, 6.07) is 5.64. The van der Waals surface area contributed by atoms with E-state index in [1.165, 1.54) is 11.3 Å². The minimum absolute atomic E-state index is 0.0706. The van der Waals surface area contributed by atoms with Gasteiger partial charge in [-0.05, 0) is 31.0 Å². The van der Waals surface area contributed by atoms with Gasteiger partial charge in [0.15, 0.2) is 6.54 Å². The number of piperidine rings is 1. The van der Waals surface area contributed by atoms with Crippen molar-refractivity contribution in [3.63, 3.8) is 0 Å². The van der Waals surface area contributed by atoms with Crippen LogP contribution in [0.4, 0.5) is 5.69 Å². The predicted molar refractivity (Wildman–Crippen MR) is 83.3 cm³/mol. The van der Waals surface area contributed by atoms with Crippen molar-refractivity contribution in [1.82, 2.24) is 0 Å². The Labute approximate surface area is 126 Å². The molecule has 3 nitrogen and oxygen atoms in total. The highest BCUT2D eigenvalue weighted by Crippen LogP contribution is 2.19. The van der Waals surface area contributed by atoms with Gasteiger partial charge in [-0.2, -0.15) is 0 Å². The number of carbonyl (C=O) groups excluding carboxylic acids is 1. The topological polar surface area (TPSA) is 33.5 Å². The van der Waals surface area contributed by atoms with E-state index in [4.69, 9.17) is 11.6 Å². The molecule has 1 fully saturated rings. The van der Waals surface area contributed by atoms with Crippen molar-refractivity contribution in [3.8, 4) is 0 Å². The lowest BCUT2D eigenvalue weighted by Crippen LogP contribution is -3.15. The molecule has 0 radical (unpaired) electrons. The largest absolute Gasteiger partial charge is 0.327 e. The highest BCUT2D eigenvalue weighted by molar-refractivity contribution is 6.31. The van der Waals surface area contributed by atoms with Crippen molar-refractivity contribution in [2.45, 2.75) is 27.2 Å². The summed E-state index contributed by atoms with van der Waals surface area (Å²) in [6.07, 6.45) is 1.28. The fraction of sp³-hybridized carbons (Fsp3) is 0.562. The zero-order valence-corrected chi connectivity index (χ0v) is 13.3. The second-order valence-electron chi connectivity index (χ2n) is 6.29. The molecule has 4 heteroatoms. The van der Waals surface area contributed by atoms with Crippen LogP contribution >= 0.6 is 11.6 Å². The summed E-state index contributed by atoms with van der Waals surface area (Å²) in [4.78, 5) is 13.5. The molecular formula is C16H24ClN2O+. The monoisotopic (exact) mass is 295 g/mol. The Hall–Kier alpha value is -1.06. The first-order valence-corrected chi connectivity index (χ1v) is 7.71. The minimum Gasteiger partial charge on any atom is -0.327 e. The molecule has 0 aromatic heterocycles. The molecule has 20 heavy (non-hydrogen) atoms. The first-order chi connectivity index (χ1) is 9.44. The van der Waals surface area contributed by atoms with E-state index in [1.54, 1.807) is 0 Å². The third-order valence-corrected chi connectivity index (χ3v) is 4.35. The van der Waals surface area contributed by atoms with Crippen LogP contribution in [0.25, 0.3) is 0 Å². The Morgan fingerprint density at radius 1 is 1.35 bits per heavy atom. The third-order valence-electron chi connectivity index (χ3n) is 3.95. The molecule has 1 aliphatic rings. The maximum atomic E-state index is 12.1. The van der Waals surface area contributed by atoms with Crippen LogP contribution in [0.5, 0.6) is 0 Å². The van der Waals surface area contributed by atoms with Crippen LogP contribution in [0.2, 0.25) is 5.02 Å². The number of carbonyl (C=O) groups is 1. The van der Waals surface area contributed by atoms with E-state index < -0.39 is 0 Å². The molecule has 0 unspecified atom stereocenters. The number of amides is 1. The molecule has 1 saturated heterocycles. The molecule has 1 aliphatic heterocycles. The summed E-state index contributed by atoms with van der Waals surface area (Å²) in [7, 11) is 0. The number of nitrogens with one attached hydrogen (secondary N) is 2. The van der Waals surface area contributed by atoms with Gasteiger partial charge in [0.1, 0.15) is 0 Å². The van der Waals surface area contributed by atoms with Gasteiger partial charge in [-0.3, -0.25) is 4.79 Å². The lowest BCUT2D eigenvalue weighted by atomic mass is 9.92. The SMILES string of the molecule is Cc1ccc(NC(=O)C[NH+]2C[C@H](C)C[C@@H](C)C2)cc1Cl. The number of aryl methyl sites for hydroxylation is 1. The summed E-state index contributed by atoms with van der Waals surface area (Å²) in [6.45, 7) is 9.22. The van der Waals surface area contributed by atoms with Gasteiger partial charge < -0.3 is 10.2 Å². The number of hydrogen-bond donors (Lipinski definition) is 2. The van der Waals surface area contributed by atoms with Gasteiger partial charge in [-0.25, -0.2) is 0 Å². The number of benzene rings is 1. The summed E-state index contributed by atoms with van der Waals surface area (Å²) in [5.41, 5.74) is 1.80. The first-order valence-electron chi connectivity index (χ1n) is 7.33. The normalized spacial score (nSPS) is 26.3. The van der Waals surface area contributed by atoms with Crippen LogP contribution in [0.1, 0.15) is 25.8 Å². The Kier molecular flexibility index (Phi) is 5.06. The molecule has 1 aromatic carbocycles. The van der Waals surface area contributed by atoms with E-state index in [-0.39, 0.29) is 5.91 Å². The summed E-state index contributed by atoms with van der Waals surface area (Å²) in [5.74, 6) is 1.48. The van der Waals surface area contributed by atoms with Crippen LogP contribution in [0.15, 0.2) is 18.2 Å². The fourth-order valence-electron chi connectivity index (χ4n) is 3.17. The molecule has 1 heterocycles. The van der Waals surface area contributed by atoms with E-state index in [2.05, 4.69) is 19.2 Å². The lowest BCUT2D eigenvalue weighted by Gasteiger charge is -2.31. The average Bonchev–Trinajstić information content (AvgIpc) is 2.32. The number of halogens is 1. The number of likely N-dealkylation sites (tertiary alicyclic amines) is 1. The fourth-order valence-corrected chi connectivity index (χ4v) is 3.35. The van der Waals surface area contributed by atoms with Crippen molar-refractivity contribution in [2.75, 3.05) is 25.0 Å². The number of hydrogen-bond acceptors (Lipinski definition) is 1. The van der Waals surface area contributed by atoms with Crippen LogP contribution in [0.3, 0.4) is 0 Å². The summed E-state index contributed by atoms with van der Waals surface area (Å²) in [5, 5.41) is 3.63. The molecule has 2 N–H and O–H groups in total. The van der Waals surface area contributed by atoms with Crippen molar-refractivity contribution in [2.24, 2.45) is 11.8 Å². The molecule has 0 spiro atoms. The van der Waals surface area contributed by atoms with E-state index in [1.807, 2.05) is 25.1 Å². The van der Waals surface area contributed by atoms with Gasteiger partial charge in [0.25, 0.3) is 5.91 Å². The molecule has 110 valence electrons. The van der Waals surface area contributed by atoms with Gasteiger partial charge in [-0.1, -0.05) is 31.5 Å². The summed E-state index contributed by atoms with van der Waals surface area (Å²) < 4.78 is 0. The second kappa shape index (κ2) is 6.59. The Balaban J connectivity index is 1.90. The maximum absolute atomic E-state index is 12.1. The third kappa shape index (κ3) is 4.22. The Bertz CT molecular complexity index is 479. The Morgan fingerprint density at radius 3 is 2.60 bits per heavy atom. The van der Waals surface area contributed by atoms with Gasteiger partial charge in [0, 0.05) is 22.5 Å². The van der Waals surface area contributed by atoms with Gasteiger partial charge in [0.2, 0.25) is 0 Å². The van der Waals surface area contributed by atoms with Crippen molar-refractivity contribution in [3.05, 3.63) is 28.8 Å². The van der Waals surface area contributed by atoms with Gasteiger partial charge in [0.05, 0.1) is 13.1 Å². The molecule has 0 bridgehead atoms. The number of anilines is 1. The summed E-state index contributed by atoms with van der Waals surface area (Å²) >= 11 is 6.07. The molecule has 1 aromatic rings. The smallest absolute Gasteiger partial charge is 0.279 e.